The fourth-order valence-electron chi connectivity index (χ4n) is 1.45. The van der Waals surface area contributed by atoms with Crippen molar-refractivity contribution in [3.63, 3.8) is 0 Å². The van der Waals surface area contributed by atoms with Gasteiger partial charge in [-0.1, -0.05) is 46.3 Å². The van der Waals surface area contributed by atoms with Gasteiger partial charge in [-0.25, -0.2) is 0 Å². The molecule has 0 fully saturated rings. The Bertz CT molecular complexity index is 440. The normalized spacial score (nSPS) is 10.0. The largest absolute Gasteiger partial charge is 0.509 e. The Hall–Kier alpha value is 0.426. The molecule has 0 N–H and O–H groups in total. The molecule has 0 aliphatic heterocycles. The summed E-state index contributed by atoms with van der Waals surface area (Å²) in [6.07, 6.45) is 0. The van der Waals surface area contributed by atoms with E-state index < -0.39 is 0 Å². The van der Waals surface area contributed by atoms with Crippen molar-refractivity contribution in [2.24, 2.45) is 0 Å². The molecule has 13 heavy (non-hydrogen) atoms. The zero-order valence-corrected chi connectivity index (χ0v) is 11.5. The predicted octanol–water partition coefficient (Wildman–Crippen LogP) is 3.24. The fourth-order valence-corrected chi connectivity index (χ4v) is 5.86. The highest BCUT2D eigenvalue weighted by molar-refractivity contribution is 9.23. The number of benzene rings is 2. The van der Waals surface area contributed by atoms with E-state index in [1.54, 1.807) is 0 Å². The van der Waals surface area contributed by atoms with Crippen LogP contribution >= 0.6 is 28.8 Å². The van der Waals surface area contributed by atoms with Crippen molar-refractivity contribution in [2.75, 3.05) is 0 Å². The van der Waals surface area contributed by atoms with E-state index in [-0.39, 0.29) is 18.2 Å². The van der Waals surface area contributed by atoms with Crippen LogP contribution in [0.2, 0.25) is 0 Å². The molecule has 0 saturated heterocycles. The maximum absolute atomic E-state index is 3.64. The second-order valence-corrected chi connectivity index (χ2v) is 6.39. The van der Waals surface area contributed by atoms with Gasteiger partial charge in [0.25, 0.3) is 0 Å². The molecule has 0 nitrogen and oxygen atoms in total. The average Bonchev–Trinajstić information content (AvgIpc) is 2.18. The third-order valence-electron chi connectivity index (χ3n) is 2.12. The molecule has 0 aromatic heterocycles. The Labute approximate surface area is 101 Å². The topological polar surface area (TPSA) is 0 Å². The van der Waals surface area contributed by atoms with Crippen LogP contribution in [0, 0.1) is 0 Å². The van der Waals surface area contributed by atoms with Gasteiger partial charge in [-0.3, -0.25) is 12.9 Å². The molecule has 2 rings (SSSR count). The van der Waals surface area contributed by atoms with Crippen molar-refractivity contribution in [1.29, 1.82) is 0 Å². The predicted molar refractivity (Wildman–Crippen MR) is 66.0 cm³/mol. The summed E-state index contributed by atoms with van der Waals surface area (Å²) >= 11 is 6.93. The summed E-state index contributed by atoms with van der Waals surface area (Å²) in [7, 11) is 0. The summed E-state index contributed by atoms with van der Waals surface area (Å²) in [6.45, 7) is 0. The summed E-state index contributed by atoms with van der Waals surface area (Å²) < 4.78 is 2.69. The SMILES string of the molecule is [Br][Mg][c]1c(Br)ccc2ccccc12. The van der Waals surface area contributed by atoms with E-state index in [9.17, 15) is 0 Å². The van der Waals surface area contributed by atoms with Crippen LogP contribution in [0.5, 0.6) is 0 Å². The standard InChI is InChI=1S/C10H6Br.BrH.Mg/c11-10-6-5-8-3-1-2-4-9(8)7-10;;/h1-6H;1H;/q;;+1/p-1. The Kier molecular flexibility index (Phi) is 3.29. The minimum atomic E-state index is -0.294. The van der Waals surface area contributed by atoms with Gasteiger partial charge >= 0.3 is 18.2 Å². The molecule has 0 unspecified atom stereocenters. The van der Waals surface area contributed by atoms with Gasteiger partial charge in [0.15, 0.2) is 0 Å². The van der Waals surface area contributed by atoms with Gasteiger partial charge in [0.2, 0.25) is 0 Å². The first kappa shape index (κ1) is 9.96. The summed E-state index contributed by atoms with van der Waals surface area (Å²) in [6, 6.07) is 12.8. The van der Waals surface area contributed by atoms with Crippen LogP contribution in [0.4, 0.5) is 0 Å². The van der Waals surface area contributed by atoms with Crippen LogP contribution in [0.1, 0.15) is 0 Å². The van der Waals surface area contributed by atoms with Gasteiger partial charge < -0.3 is 0 Å². The minimum Gasteiger partial charge on any atom is -0.296 e. The molecule has 0 radical (unpaired) electrons. The van der Waals surface area contributed by atoms with E-state index in [2.05, 4.69) is 65.2 Å². The second-order valence-electron chi connectivity index (χ2n) is 2.88. The van der Waals surface area contributed by atoms with Gasteiger partial charge in [0.05, 0.1) is 0 Å². The number of halogens is 2. The molecule has 3 heteroatoms. The van der Waals surface area contributed by atoms with Crippen LogP contribution < -0.4 is 3.69 Å². The first-order valence-corrected chi connectivity index (χ1v) is 9.45. The molecule has 0 saturated carbocycles. The molecule has 0 bridgehead atoms. The van der Waals surface area contributed by atoms with E-state index >= 15 is 0 Å². The van der Waals surface area contributed by atoms with Crippen LogP contribution in [-0.2, 0) is 0 Å². The van der Waals surface area contributed by atoms with Crippen LogP contribution in [-0.4, -0.2) is 18.2 Å². The third-order valence-corrected chi connectivity index (χ3v) is 6.09. The van der Waals surface area contributed by atoms with Crippen molar-refractivity contribution in [3.05, 3.63) is 40.9 Å². The molecule has 2 aromatic carbocycles. The molecule has 62 valence electrons. The zero-order valence-electron chi connectivity index (χ0n) is 6.93. The Morgan fingerprint density at radius 1 is 1.00 bits per heavy atom. The van der Waals surface area contributed by atoms with Gasteiger partial charge in [0.1, 0.15) is 0 Å². The van der Waals surface area contributed by atoms with Crippen molar-refractivity contribution >= 4 is 61.5 Å². The average molecular weight is 310 g/mol. The summed E-state index contributed by atoms with van der Waals surface area (Å²) in [5, 5.41) is 2.70. The maximum Gasteiger partial charge on any atom is 0.509 e. The molecule has 0 aliphatic carbocycles. The Balaban J connectivity index is 2.84. The summed E-state index contributed by atoms with van der Waals surface area (Å²) in [4.78, 5) is 0. The van der Waals surface area contributed by atoms with E-state index in [1.807, 2.05) is 0 Å². The zero-order chi connectivity index (χ0) is 9.26. The molecule has 0 aliphatic rings. The van der Waals surface area contributed by atoms with E-state index in [4.69, 9.17) is 0 Å². The fraction of sp³-hybridized carbons (Fsp3) is 0. The van der Waals surface area contributed by atoms with Crippen LogP contribution in [0.25, 0.3) is 10.8 Å². The van der Waals surface area contributed by atoms with Gasteiger partial charge in [-0.15, -0.1) is 3.69 Å². The van der Waals surface area contributed by atoms with E-state index in [0.717, 1.165) is 0 Å². The summed E-state index contributed by atoms with van der Waals surface area (Å²) in [5.74, 6) is 0. The van der Waals surface area contributed by atoms with Crippen LogP contribution in [0.15, 0.2) is 40.9 Å². The molecule has 2 aromatic rings. The smallest absolute Gasteiger partial charge is 0.296 e. The highest BCUT2D eigenvalue weighted by Crippen LogP contribution is 2.17. The lowest BCUT2D eigenvalue weighted by atomic mass is 10.1. The first-order chi connectivity index (χ1) is 6.33. The van der Waals surface area contributed by atoms with Gasteiger partial charge in [-0.2, -0.15) is 0 Å². The lowest BCUT2D eigenvalue weighted by molar-refractivity contribution is 1.75. The Morgan fingerprint density at radius 2 is 1.77 bits per heavy atom. The highest BCUT2D eigenvalue weighted by atomic mass is 79.9. The Morgan fingerprint density at radius 3 is 2.54 bits per heavy atom. The summed E-state index contributed by atoms with van der Waals surface area (Å²) in [5.41, 5.74) is 0. The van der Waals surface area contributed by atoms with E-state index in [0.29, 0.717) is 0 Å². The first-order valence-electron chi connectivity index (χ1n) is 4.05. The number of fused-ring (bicyclic) bond motifs is 1. The van der Waals surface area contributed by atoms with Crippen molar-refractivity contribution in [3.8, 4) is 0 Å². The number of hydrogen-bond acceptors (Lipinski definition) is 0. The quantitative estimate of drug-likeness (QED) is 0.709. The lowest BCUT2D eigenvalue weighted by Crippen LogP contribution is -2.11. The number of rotatable bonds is 1. The van der Waals surface area contributed by atoms with Crippen LogP contribution in [0.3, 0.4) is 0 Å². The molecule has 0 atom stereocenters. The van der Waals surface area contributed by atoms with Gasteiger partial charge in [-0.05, 0) is 21.3 Å². The maximum atomic E-state index is 3.64. The highest BCUT2D eigenvalue weighted by Gasteiger charge is 2.05. The minimum absolute atomic E-state index is 0.294. The van der Waals surface area contributed by atoms with Crippen molar-refractivity contribution in [1.82, 2.24) is 0 Å². The lowest BCUT2D eigenvalue weighted by Gasteiger charge is -2.05. The second kappa shape index (κ2) is 4.30. The van der Waals surface area contributed by atoms with Crippen molar-refractivity contribution in [2.45, 2.75) is 0 Å². The molecule has 0 amide bonds. The molecular formula is C10H6Br2Mg. The van der Waals surface area contributed by atoms with Gasteiger partial charge in [0, 0.05) is 0 Å². The molecular weight excluding hydrogens is 304 g/mol. The van der Waals surface area contributed by atoms with Crippen molar-refractivity contribution < 1.29 is 0 Å². The number of hydrogen-bond donors (Lipinski definition) is 0. The third kappa shape index (κ3) is 1.93. The molecule has 0 spiro atoms. The van der Waals surface area contributed by atoms with E-state index in [1.165, 1.54) is 18.9 Å². The monoisotopic (exact) mass is 308 g/mol. The molecule has 0 heterocycles.